The van der Waals surface area contributed by atoms with Crippen molar-refractivity contribution in [3.8, 4) is 0 Å². The summed E-state index contributed by atoms with van der Waals surface area (Å²) in [6, 6.07) is 6.83. The van der Waals surface area contributed by atoms with Gasteiger partial charge in [-0.2, -0.15) is 0 Å². The van der Waals surface area contributed by atoms with Crippen LogP contribution in [0.5, 0.6) is 0 Å². The molecule has 4 heteroatoms. The van der Waals surface area contributed by atoms with Crippen molar-refractivity contribution in [2.75, 3.05) is 5.32 Å². The monoisotopic (exact) mass is 262 g/mol. The first-order valence-corrected chi connectivity index (χ1v) is 6.71. The van der Waals surface area contributed by atoms with Crippen molar-refractivity contribution in [1.29, 1.82) is 0 Å². The number of urea groups is 1. The Hall–Kier alpha value is -1.84. The Balaban J connectivity index is 2.45. The van der Waals surface area contributed by atoms with Crippen molar-refractivity contribution < 1.29 is 9.59 Å². The predicted molar refractivity (Wildman–Crippen MR) is 77.6 cm³/mol. The van der Waals surface area contributed by atoms with Gasteiger partial charge in [0, 0.05) is 17.3 Å². The van der Waals surface area contributed by atoms with Crippen LogP contribution in [0, 0.1) is 0 Å². The highest BCUT2D eigenvalue weighted by atomic mass is 16.2. The smallest absolute Gasteiger partial charge is 0.319 e. The lowest BCUT2D eigenvalue weighted by Crippen LogP contribution is -2.36. The summed E-state index contributed by atoms with van der Waals surface area (Å²) in [5, 5.41) is 5.64. The normalized spacial score (nSPS) is 11.7. The summed E-state index contributed by atoms with van der Waals surface area (Å²) < 4.78 is 0. The van der Waals surface area contributed by atoms with E-state index in [9.17, 15) is 9.59 Å². The number of ketones is 1. The fourth-order valence-corrected chi connectivity index (χ4v) is 1.76. The zero-order chi connectivity index (χ0) is 14.3. The van der Waals surface area contributed by atoms with Gasteiger partial charge in [0.15, 0.2) is 5.78 Å². The molecule has 1 rings (SSSR count). The molecule has 0 saturated carbocycles. The Labute approximate surface area is 114 Å². The Bertz CT molecular complexity index is 426. The Kier molecular flexibility index (Phi) is 6.06. The van der Waals surface area contributed by atoms with Gasteiger partial charge in [-0.05, 0) is 44.5 Å². The van der Waals surface area contributed by atoms with Crippen molar-refractivity contribution in [2.24, 2.45) is 0 Å². The number of carbonyl (C=O) groups excluding carboxylic acids is 2. The van der Waals surface area contributed by atoms with E-state index in [0.29, 0.717) is 11.3 Å². The number of anilines is 1. The first-order valence-electron chi connectivity index (χ1n) is 6.71. The summed E-state index contributed by atoms with van der Waals surface area (Å²) in [5.41, 5.74) is 1.33. The first-order chi connectivity index (χ1) is 9.02. The van der Waals surface area contributed by atoms with Crippen LogP contribution in [0.1, 0.15) is 50.4 Å². The van der Waals surface area contributed by atoms with E-state index in [2.05, 4.69) is 17.6 Å². The van der Waals surface area contributed by atoms with E-state index in [0.717, 1.165) is 19.3 Å². The van der Waals surface area contributed by atoms with Crippen molar-refractivity contribution in [1.82, 2.24) is 5.32 Å². The summed E-state index contributed by atoms with van der Waals surface area (Å²) in [4.78, 5) is 22.8. The van der Waals surface area contributed by atoms with Crippen LogP contribution in [0.4, 0.5) is 10.5 Å². The van der Waals surface area contributed by atoms with Crippen LogP contribution in [0.2, 0.25) is 0 Å². The van der Waals surface area contributed by atoms with Crippen LogP contribution in [0.3, 0.4) is 0 Å². The van der Waals surface area contributed by atoms with Crippen molar-refractivity contribution in [3.63, 3.8) is 0 Å². The second-order valence-corrected chi connectivity index (χ2v) is 4.78. The molecule has 2 N–H and O–H groups in total. The minimum Gasteiger partial charge on any atom is -0.335 e. The van der Waals surface area contributed by atoms with Crippen molar-refractivity contribution >= 4 is 17.5 Å². The number of amides is 2. The van der Waals surface area contributed by atoms with E-state index < -0.39 is 0 Å². The molecule has 1 aromatic carbocycles. The lowest BCUT2D eigenvalue weighted by molar-refractivity contribution is 0.101. The molecule has 0 spiro atoms. The highest BCUT2D eigenvalue weighted by Crippen LogP contribution is 2.10. The third kappa shape index (κ3) is 5.55. The maximum atomic E-state index is 11.7. The standard InChI is InChI=1S/C15H22N2O2/c1-4-5-6-11(2)16-15(19)17-14-9-7-13(8-10-14)12(3)18/h7-11H,4-6H2,1-3H3,(H2,16,17,19). The maximum Gasteiger partial charge on any atom is 0.319 e. The highest BCUT2D eigenvalue weighted by molar-refractivity contribution is 5.95. The number of unbranched alkanes of at least 4 members (excludes halogenated alkanes) is 1. The van der Waals surface area contributed by atoms with E-state index in [1.165, 1.54) is 6.92 Å². The van der Waals surface area contributed by atoms with Gasteiger partial charge in [-0.15, -0.1) is 0 Å². The second kappa shape index (κ2) is 7.56. The third-order valence-corrected chi connectivity index (χ3v) is 2.92. The second-order valence-electron chi connectivity index (χ2n) is 4.78. The number of carbonyl (C=O) groups is 2. The molecular formula is C15H22N2O2. The number of hydrogen-bond acceptors (Lipinski definition) is 2. The summed E-state index contributed by atoms with van der Waals surface area (Å²) in [6.45, 7) is 5.64. The molecule has 1 unspecified atom stereocenters. The highest BCUT2D eigenvalue weighted by Gasteiger charge is 2.07. The van der Waals surface area contributed by atoms with E-state index in [-0.39, 0.29) is 17.9 Å². The molecule has 0 saturated heterocycles. The average molecular weight is 262 g/mol. The topological polar surface area (TPSA) is 58.2 Å². The SMILES string of the molecule is CCCCC(C)NC(=O)Nc1ccc(C(C)=O)cc1. The molecule has 0 aliphatic rings. The molecule has 1 aromatic rings. The molecule has 19 heavy (non-hydrogen) atoms. The summed E-state index contributed by atoms with van der Waals surface area (Å²) in [6.07, 6.45) is 3.21. The molecule has 0 aliphatic heterocycles. The first kappa shape index (κ1) is 15.2. The van der Waals surface area contributed by atoms with Crippen LogP contribution in [0.25, 0.3) is 0 Å². The lowest BCUT2D eigenvalue weighted by atomic mass is 10.1. The van der Waals surface area contributed by atoms with Crippen LogP contribution < -0.4 is 10.6 Å². The molecule has 0 bridgehead atoms. The van der Waals surface area contributed by atoms with Crippen LogP contribution in [-0.2, 0) is 0 Å². The Morgan fingerprint density at radius 1 is 1.21 bits per heavy atom. The van der Waals surface area contributed by atoms with Gasteiger partial charge in [0.25, 0.3) is 0 Å². The van der Waals surface area contributed by atoms with E-state index in [1.807, 2.05) is 6.92 Å². The fraction of sp³-hybridized carbons (Fsp3) is 0.467. The number of benzene rings is 1. The summed E-state index contributed by atoms with van der Waals surface area (Å²) in [5.74, 6) is 0.0178. The third-order valence-electron chi connectivity index (χ3n) is 2.92. The Morgan fingerprint density at radius 3 is 2.37 bits per heavy atom. The largest absolute Gasteiger partial charge is 0.335 e. The average Bonchev–Trinajstić information content (AvgIpc) is 2.36. The van der Waals surface area contributed by atoms with Crippen LogP contribution in [-0.4, -0.2) is 17.9 Å². The molecule has 0 radical (unpaired) electrons. The zero-order valence-corrected chi connectivity index (χ0v) is 11.8. The number of nitrogens with one attached hydrogen (secondary N) is 2. The van der Waals surface area contributed by atoms with Gasteiger partial charge in [0.1, 0.15) is 0 Å². The van der Waals surface area contributed by atoms with Crippen LogP contribution in [0.15, 0.2) is 24.3 Å². The van der Waals surface area contributed by atoms with Gasteiger partial charge in [-0.1, -0.05) is 19.8 Å². The fourth-order valence-electron chi connectivity index (χ4n) is 1.76. The number of rotatable bonds is 6. The van der Waals surface area contributed by atoms with Gasteiger partial charge >= 0.3 is 6.03 Å². The number of Topliss-reactive ketones (excluding diaryl/α,β-unsaturated/α-hetero) is 1. The molecule has 104 valence electrons. The van der Waals surface area contributed by atoms with E-state index in [4.69, 9.17) is 0 Å². The molecule has 0 aliphatic carbocycles. The summed E-state index contributed by atoms with van der Waals surface area (Å²) in [7, 11) is 0. The molecule has 0 fully saturated rings. The van der Waals surface area contributed by atoms with Gasteiger partial charge in [0.05, 0.1) is 0 Å². The summed E-state index contributed by atoms with van der Waals surface area (Å²) >= 11 is 0. The quantitative estimate of drug-likeness (QED) is 0.770. The Morgan fingerprint density at radius 2 is 1.84 bits per heavy atom. The molecule has 2 amide bonds. The van der Waals surface area contributed by atoms with Crippen LogP contribution >= 0.6 is 0 Å². The molecule has 0 heterocycles. The van der Waals surface area contributed by atoms with Crippen molar-refractivity contribution in [3.05, 3.63) is 29.8 Å². The molecular weight excluding hydrogens is 240 g/mol. The van der Waals surface area contributed by atoms with Gasteiger partial charge in [-0.25, -0.2) is 4.79 Å². The molecule has 4 nitrogen and oxygen atoms in total. The predicted octanol–water partition coefficient (Wildman–Crippen LogP) is 3.59. The number of hydrogen-bond donors (Lipinski definition) is 2. The minimum absolute atomic E-state index is 0.0178. The maximum absolute atomic E-state index is 11.7. The van der Waals surface area contributed by atoms with E-state index in [1.54, 1.807) is 24.3 Å². The molecule has 1 atom stereocenters. The zero-order valence-electron chi connectivity index (χ0n) is 11.8. The van der Waals surface area contributed by atoms with E-state index >= 15 is 0 Å². The van der Waals surface area contributed by atoms with Gasteiger partial charge < -0.3 is 10.6 Å². The van der Waals surface area contributed by atoms with Crippen molar-refractivity contribution in [2.45, 2.75) is 46.1 Å². The minimum atomic E-state index is -0.209. The van der Waals surface area contributed by atoms with Gasteiger partial charge in [0.2, 0.25) is 0 Å². The van der Waals surface area contributed by atoms with Gasteiger partial charge in [-0.3, -0.25) is 4.79 Å². The molecule has 0 aromatic heterocycles. The lowest BCUT2D eigenvalue weighted by Gasteiger charge is -2.14.